The molecule has 0 aromatic heterocycles. The monoisotopic (exact) mass is 229 g/mol. The Morgan fingerprint density at radius 3 is 2.71 bits per heavy atom. The van der Waals surface area contributed by atoms with E-state index in [-0.39, 0.29) is 0 Å². The number of hydrogen-bond acceptors (Lipinski definition) is 2. The second kappa shape index (κ2) is 2.67. The lowest BCUT2D eigenvalue weighted by atomic mass is 9.59. The average Bonchev–Trinajstić information content (AvgIpc) is 2.79. The molecule has 5 aliphatic carbocycles. The number of nitrogens with zero attached hydrogens (tertiary/aromatic N) is 1. The van der Waals surface area contributed by atoms with E-state index in [0.717, 1.165) is 30.2 Å². The highest BCUT2D eigenvalue weighted by Crippen LogP contribution is 2.80. The Morgan fingerprint density at radius 2 is 1.88 bits per heavy atom. The van der Waals surface area contributed by atoms with Crippen molar-refractivity contribution in [2.24, 2.45) is 52.3 Å². The molecule has 0 aromatic carbocycles. The van der Waals surface area contributed by atoms with Crippen molar-refractivity contribution in [1.82, 2.24) is 0 Å². The van der Waals surface area contributed by atoms with Gasteiger partial charge >= 0.3 is 0 Å². The zero-order valence-electron chi connectivity index (χ0n) is 10.3. The van der Waals surface area contributed by atoms with Crippen molar-refractivity contribution >= 4 is 11.5 Å². The Morgan fingerprint density at radius 1 is 1.12 bits per heavy atom. The second-order valence-electron chi connectivity index (χ2n) is 6.88. The number of fused-ring (bicyclic) bond motifs is 2. The lowest BCUT2D eigenvalue weighted by Crippen LogP contribution is -2.48. The van der Waals surface area contributed by atoms with Gasteiger partial charge in [-0.2, -0.15) is 0 Å². The SMILES string of the molecule is CCCCN=C1[C@@H]2[C@H]3C[C@H]4[C@@H]2C(=O)[C@H]2[C@H]1[C@@H]3[C@@H]42. The molecule has 0 N–H and O–H groups in total. The number of aliphatic imine (C=N–C) groups is 1. The zero-order chi connectivity index (χ0) is 11.3. The van der Waals surface area contributed by atoms with Crippen LogP contribution in [0.1, 0.15) is 26.2 Å². The first-order valence-electron chi connectivity index (χ1n) is 7.42. The normalized spacial score (nSPS) is 61.9. The third kappa shape index (κ3) is 0.750. The number of rotatable bonds is 3. The van der Waals surface area contributed by atoms with E-state index in [4.69, 9.17) is 4.99 Å². The van der Waals surface area contributed by atoms with Crippen molar-refractivity contribution in [3.8, 4) is 0 Å². The fourth-order valence-corrected chi connectivity index (χ4v) is 6.41. The molecule has 0 radical (unpaired) electrons. The molecule has 8 atom stereocenters. The van der Waals surface area contributed by atoms with Crippen LogP contribution >= 0.6 is 0 Å². The molecule has 0 spiro atoms. The van der Waals surface area contributed by atoms with E-state index in [1.807, 2.05) is 0 Å². The van der Waals surface area contributed by atoms with Gasteiger partial charge in [-0.3, -0.25) is 9.79 Å². The average molecular weight is 229 g/mol. The van der Waals surface area contributed by atoms with Gasteiger partial charge in [0.15, 0.2) is 0 Å². The highest BCUT2D eigenvalue weighted by molar-refractivity contribution is 6.08. The minimum Gasteiger partial charge on any atom is -0.299 e. The van der Waals surface area contributed by atoms with E-state index in [1.54, 1.807) is 0 Å². The fraction of sp³-hybridized carbons (Fsp3) is 0.867. The quantitative estimate of drug-likeness (QED) is 0.682. The van der Waals surface area contributed by atoms with Crippen molar-refractivity contribution in [1.29, 1.82) is 0 Å². The molecule has 0 aromatic rings. The lowest BCUT2D eigenvalue weighted by Gasteiger charge is -2.43. The summed E-state index contributed by atoms with van der Waals surface area (Å²) >= 11 is 0. The molecule has 5 rings (SSSR count). The summed E-state index contributed by atoms with van der Waals surface area (Å²) in [6, 6.07) is 0. The standard InChI is InChI=1S/C15H19NO/c1-2-3-4-16-14-10-6-5-7-9-8(6)12(14)13(9)15(17)11(7)10/h6-13H,2-5H2,1H3/t6-,7+,8-,9+,10+,11-,12+,13+/m0/s1. The number of hydrogen-bond donors (Lipinski definition) is 0. The van der Waals surface area contributed by atoms with E-state index in [2.05, 4.69) is 6.92 Å². The molecule has 0 amide bonds. The maximum atomic E-state index is 12.3. The molecule has 17 heavy (non-hydrogen) atoms. The molecule has 5 aliphatic rings. The highest BCUT2D eigenvalue weighted by atomic mass is 16.1. The van der Waals surface area contributed by atoms with Crippen molar-refractivity contribution < 1.29 is 4.79 Å². The molecule has 90 valence electrons. The van der Waals surface area contributed by atoms with Crippen LogP contribution in [0.3, 0.4) is 0 Å². The molecule has 2 bridgehead atoms. The highest BCUT2D eigenvalue weighted by Gasteiger charge is 2.82. The van der Waals surface area contributed by atoms with Crippen LogP contribution in [-0.2, 0) is 4.79 Å². The van der Waals surface area contributed by atoms with Gasteiger partial charge in [0.25, 0.3) is 0 Å². The lowest BCUT2D eigenvalue weighted by molar-refractivity contribution is -0.129. The third-order valence-electron chi connectivity index (χ3n) is 6.65. The van der Waals surface area contributed by atoms with Crippen LogP contribution in [0.4, 0.5) is 0 Å². The number of carbonyl (C=O) groups excluding carboxylic acids is 1. The topological polar surface area (TPSA) is 29.4 Å². The van der Waals surface area contributed by atoms with Gasteiger partial charge in [-0.1, -0.05) is 13.3 Å². The Balaban J connectivity index is 1.57. The molecule has 0 heterocycles. The molecule has 0 saturated heterocycles. The first-order valence-corrected chi connectivity index (χ1v) is 7.42. The summed E-state index contributed by atoms with van der Waals surface area (Å²) in [4.78, 5) is 17.3. The Kier molecular flexibility index (Phi) is 1.46. The third-order valence-corrected chi connectivity index (χ3v) is 6.65. The maximum Gasteiger partial charge on any atom is 0.140 e. The molecular weight excluding hydrogens is 210 g/mol. The molecule has 0 aliphatic heterocycles. The minimum absolute atomic E-state index is 0.436. The van der Waals surface area contributed by atoms with Gasteiger partial charge in [-0.25, -0.2) is 0 Å². The number of Topliss-reactive ketones (excluding diaryl/α,β-unsaturated/α-hetero) is 1. The van der Waals surface area contributed by atoms with Gasteiger partial charge in [0.1, 0.15) is 5.78 Å². The predicted octanol–water partition coefficient (Wildman–Crippen LogP) is 2.18. The van der Waals surface area contributed by atoms with E-state index in [1.165, 1.54) is 25.0 Å². The summed E-state index contributed by atoms with van der Waals surface area (Å²) in [7, 11) is 0. The van der Waals surface area contributed by atoms with E-state index >= 15 is 0 Å². The van der Waals surface area contributed by atoms with Crippen LogP contribution in [-0.4, -0.2) is 18.0 Å². The Bertz CT molecular complexity index is 454. The van der Waals surface area contributed by atoms with Gasteiger partial charge in [0.2, 0.25) is 0 Å². The number of carbonyl (C=O) groups is 1. The molecule has 2 nitrogen and oxygen atoms in total. The van der Waals surface area contributed by atoms with Gasteiger partial charge in [-0.05, 0) is 36.5 Å². The van der Waals surface area contributed by atoms with Gasteiger partial charge in [0.05, 0.1) is 0 Å². The van der Waals surface area contributed by atoms with Crippen molar-refractivity contribution in [3.05, 3.63) is 0 Å². The molecule has 0 unspecified atom stereocenters. The fourth-order valence-electron chi connectivity index (χ4n) is 6.41. The minimum atomic E-state index is 0.436. The van der Waals surface area contributed by atoms with Crippen molar-refractivity contribution in [3.63, 3.8) is 0 Å². The van der Waals surface area contributed by atoms with Crippen LogP contribution in [0.2, 0.25) is 0 Å². The Labute approximate surface area is 102 Å². The summed E-state index contributed by atoms with van der Waals surface area (Å²) in [6.07, 6.45) is 3.82. The Hall–Kier alpha value is -0.660. The van der Waals surface area contributed by atoms with Crippen LogP contribution in [0.5, 0.6) is 0 Å². The predicted molar refractivity (Wildman–Crippen MR) is 64.8 cm³/mol. The van der Waals surface area contributed by atoms with Crippen molar-refractivity contribution in [2.75, 3.05) is 6.54 Å². The molecule has 2 heteroatoms. The summed E-state index contributed by atoms with van der Waals surface area (Å²) in [5.74, 6) is 6.17. The van der Waals surface area contributed by atoms with E-state index in [0.29, 0.717) is 29.5 Å². The summed E-state index contributed by atoms with van der Waals surface area (Å²) in [5.41, 5.74) is 1.51. The molecule has 5 fully saturated rings. The van der Waals surface area contributed by atoms with Gasteiger partial charge in [-0.15, -0.1) is 0 Å². The van der Waals surface area contributed by atoms with E-state index in [9.17, 15) is 4.79 Å². The summed E-state index contributed by atoms with van der Waals surface area (Å²) in [6.45, 7) is 3.24. The van der Waals surface area contributed by atoms with Crippen LogP contribution < -0.4 is 0 Å². The second-order valence-corrected chi connectivity index (χ2v) is 6.88. The first kappa shape index (κ1) is 9.29. The summed E-state index contributed by atoms with van der Waals surface area (Å²) in [5, 5.41) is 0. The van der Waals surface area contributed by atoms with E-state index < -0.39 is 0 Å². The first-order chi connectivity index (χ1) is 8.34. The zero-order valence-corrected chi connectivity index (χ0v) is 10.3. The smallest absolute Gasteiger partial charge is 0.140 e. The van der Waals surface area contributed by atoms with Crippen LogP contribution in [0.25, 0.3) is 0 Å². The maximum absolute atomic E-state index is 12.3. The molecule has 5 saturated carbocycles. The van der Waals surface area contributed by atoms with Crippen LogP contribution in [0, 0.1) is 47.3 Å². The number of ketones is 1. The molecular formula is C15H19NO. The van der Waals surface area contributed by atoms with Gasteiger partial charge in [0, 0.05) is 35.9 Å². The van der Waals surface area contributed by atoms with Crippen molar-refractivity contribution in [2.45, 2.75) is 26.2 Å². The largest absolute Gasteiger partial charge is 0.299 e. The number of unbranched alkanes of at least 4 members (excludes halogenated alkanes) is 1. The van der Waals surface area contributed by atoms with Gasteiger partial charge < -0.3 is 0 Å². The summed E-state index contributed by atoms with van der Waals surface area (Å²) < 4.78 is 0. The van der Waals surface area contributed by atoms with Crippen LogP contribution in [0.15, 0.2) is 4.99 Å².